The summed E-state index contributed by atoms with van der Waals surface area (Å²) in [6.45, 7) is 7.60. The minimum absolute atomic E-state index is 0.0626. The fourth-order valence-corrected chi connectivity index (χ4v) is 3.76. The summed E-state index contributed by atoms with van der Waals surface area (Å²) < 4.78 is 10.7. The molecule has 2 aromatic rings. The molecule has 7 nitrogen and oxygen atoms in total. The van der Waals surface area contributed by atoms with Crippen LogP contribution in [0, 0.1) is 0 Å². The summed E-state index contributed by atoms with van der Waals surface area (Å²) in [6.07, 6.45) is -0.154. The molecule has 2 atom stereocenters. The highest BCUT2D eigenvalue weighted by molar-refractivity contribution is 5.68. The van der Waals surface area contributed by atoms with Crippen LogP contribution in [-0.2, 0) is 22.6 Å². The molecule has 0 aromatic heterocycles. The van der Waals surface area contributed by atoms with Gasteiger partial charge in [0.05, 0.1) is 0 Å². The van der Waals surface area contributed by atoms with E-state index in [0.29, 0.717) is 19.5 Å². The molecule has 32 heavy (non-hydrogen) atoms. The molecule has 1 aliphatic heterocycles. The molecular formula is C25H33N3O4. The molecule has 1 heterocycles. The maximum Gasteiger partial charge on any atom is 0.407 e. The van der Waals surface area contributed by atoms with E-state index in [1.54, 1.807) is 0 Å². The SMILES string of the molecule is CC(C)(C)OC(=O)NC[C@@H]1C[C@H](NC(=O)OCc2ccccc2)CN1Cc1ccccc1. The lowest BCUT2D eigenvalue weighted by Gasteiger charge is -2.25. The van der Waals surface area contributed by atoms with Gasteiger partial charge in [0, 0.05) is 31.7 Å². The zero-order chi connectivity index (χ0) is 23.0. The first-order valence-corrected chi connectivity index (χ1v) is 11.0. The van der Waals surface area contributed by atoms with E-state index in [1.165, 1.54) is 5.56 Å². The molecule has 1 fully saturated rings. The van der Waals surface area contributed by atoms with Crippen LogP contribution in [0.2, 0.25) is 0 Å². The second-order valence-electron chi connectivity index (χ2n) is 9.09. The summed E-state index contributed by atoms with van der Waals surface area (Å²) in [7, 11) is 0. The summed E-state index contributed by atoms with van der Waals surface area (Å²) in [6, 6.07) is 19.8. The molecule has 0 aliphatic carbocycles. The summed E-state index contributed by atoms with van der Waals surface area (Å²) in [5.74, 6) is 0. The van der Waals surface area contributed by atoms with Gasteiger partial charge in [0.15, 0.2) is 0 Å². The van der Waals surface area contributed by atoms with E-state index in [-0.39, 0.29) is 18.7 Å². The smallest absolute Gasteiger partial charge is 0.407 e. The van der Waals surface area contributed by atoms with Gasteiger partial charge in [-0.05, 0) is 38.3 Å². The van der Waals surface area contributed by atoms with Crippen LogP contribution < -0.4 is 10.6 Å². The quantitative estimate of drug-likeness (QED) is 0.680. The minimum atomic E-state index is -0.546. The number of benzene rings is 2. The van der Waals surface area contributed by atoms with Gasteiger partial charge in [-0.1, -0.05) is 60.7 Å². The molecule has 0 saturated carbocycles. The second kappa shape index (κ2) is 11.0. The van der Waals surface area contributed by atoms with Crippen molar-refractivity contribution in [2.75, 3.05) is 13.1 Å². The van der Waals surface area contributed by atoms with Gasteiger partial charge >= 0.3 is 12.2 Å². The number of alkyl carbamates (subject to hydrolysis) is 2. The van der Waals surface area contributed by atoms with Crippen molar-refractivity contribution in [3.8, 4) is 0 Å². The van der Waals surface area contributed by atoms with Crippen molar-refractivity contribution < 1.29 is 19.1 Å². The number of hydrogen-bond acceptors (Lipinski definition) is 5. The molecule has 7 heteroatoms. The number of likely N-dealkylation sites (tertiary alicyclic amines) is 1. The van der Waals surface area contributed by atoms with Crippen LogP contribution in [-0.4, -0.2) is 47.9 Å². The summed E-state index contributed by atoms with van der Waals surface area (Å²) >= 11 is 0. The van der Waals surface area contributed by atoms with Gasteiger partial charge in [-0.15, -0.1) is 0 Å². The van der Waals surface area contributed by atoms with E-state index >= 15 is 0 Å². The average molecular weight is 440 g/mol. The minimum Gasteiger partial charge on any atom is -0.445 e. The maximum atomic E-state index is 12.3. The normalized spacial score (nSPS) is 18.7. The number of carbonyl (C=O) groups is 2. The van der Waals surface area contributed by atoms with Gasteiger partial charge in [0.1, 0.15) is 12.2 Å². The first-order chi connectivity index (χ1) is 15.3. The molecule has 0 unspecified atom stereocenters. The van der Waals surface area contributed by atoms with Crippen LogP contribution >= 0.6 is 0 Å². The Hall–Kier alpha value is -3.06. The largest absolute Gasteiger partial charge is 0.445 e. The molecule has 2 amide bonds. The molecule has 0 bridgehead atoms. The number of hydrogen-bond donors (Lipinski definition) is 2. The first kappa shape index (κ1) is 23.6. The predicted molar refractivity (Wildman–Crippen MR) is 123 cm³/mol. The molecule has 0 radical (unpaired) electrons. The van der Waals surface area contributed by atoms with Gasteiger partial charge in [0.25, 0.3) is 0 Å². The van der Waals surface area contributed by atoms with Crippen LogP contribution in [0.15, 0.2) is 60.7 Å². The van der Waals surface area contributed by atoms with Gasteiger partial charge in [0.2, 0.25) is 0 Å². The molecule has 172 valence electrons. The molecule has 0 spiro atoms. The van der Waals surface area contributed by atoms with Crippen molar-refractivity contribution in [3.05, 3.63) is 71.8 Å². The zero-order valence-corrected chi connectivity index (χ0v) is 19.0. The first-order valence-electron chi connectivity index (χ1n) is 11.0. The van der Waals surface area contributed by atoms with Gasteiger partial charge in [-0.3, -0.25) is 4.90 Å². The lowest BCUT2D eigenvalue weighted by Crippen LogP contribution is -2.41. The molecular weight excluding hydrogens is 406 g/mol. The molecule has 3 rings (SSSR count). The third kappa shape index (κ3) is 7.89. The number of rotatable bonds is 7. The molecule has 1 saturated heterocycles. The van der Waals surface area contributed by atoms with Crippen LogP contribution in [0.5, 0.6) is 0 Å². The Morgan fingerprint density at radius 1 is 0.969 bits per heavy atom. The monoisotopic (exact) mass is 439 g/mol. The van der Waals surface area contributed by atoms with Crippen molar-refractivity contribution >= 4 is 12.2 Å². The van der Waals surface area contributed by atoms with Crippen molar-refractivity contribution in [2.24, 2.45) is 0 Å². The summed E-state index contributed by atoms with van der Waals surface area (Å²) in [4.78, 5) is 26.7. The second-order valence-corrected chi connectivity index (χ2v) is 9.09. The van der Waals surface area contributed by atoms with E-state index in [4.69, 9.17) is 9.47 Å². The number of ether oxygens (including phenoxy) is 2. The van der Waals surface area contributed by atoms with E-state index < -0.39 is 17.8 Å². The lowest BCUT2D eigenvalue weighted by molar-refractivity contribution is 0.0512. The van der Waals surface area contributed by atoms with Crippen molar-refractivity contribution in [1.82, 2.24) is 15.5 Å². The molecule has 2 aromatic carbocycles. The van der Waals surface area contributed by atoms with Gasteiger partial charge in [-0.2, -0.15) is 0 Å². The Kier molecular flexibility index (Phi) is 8.11. The van der Waals surface area contributed by atoms with E-state index in [9.17, 15) is 9.59 Å². The highest BCUT2D eigenvalue weighted by atomic mass is 16.6. The summed E-state index contributed by atoms with van der Waals surface area (Å²) in [5, 5.41) is 5.84. The number of carbonyl (C=O) groups excluding carboxylic acids is 2. The van der Waals surface area contributed by atoms with Crippen molar-refractivity contribution in [2.45, 2.75) is 58.0 Å². The third-order valence-corrected chi connectivity index (χ3v) is 5.17. The number of amides is 2. The Labute approximate surface area is 190 Å². The van der Waals surface area contributed by atoms with Gasteiger partial charge in [-0.25, -0.2) is 9.59 Å². The number of nitrogens with zero attached hydrogens (tertiary/aromatic N) is 1. The van der Waals surface area contributed by atoms with Crippen LogP contribution in [0.1, 0.15) is 38.3 Å². The topological polar surface area (TPSA) is 79.9 Å². The standard InChI is InChI=1S/C25H33N3O4/c1-25(2,3)32-23(29)26-15-22-14-21(17-28(22)16-19-10-6-4-7-11-19)27-24(30)31-18-20-12-8-5-9-13-20/h4-13,21-22H,14-18H2,1-3H3,(H,26,29)(H,27,30)/t21-,22-/m0/s1. The Morgan fingerprint density at radius 2 is 1.59 bits per heavy atom. The van der Waals surface area contributed by atoms with Crippen molar-refractivity contribution in [3.63, 3.8) is 0 Å². The Balaban J connectivity index is 1.55. The van der Waals surface area contributed by atoms with E-state index in [0.717, 1.165) is 12.1 Å². The zero-order valence-electron chi connectivity index (χ0n) is 19.0. The maximum absolute atomic E-state index is 12.3. The van der Waals surface area contributed by atoms with Crippen LogP contribution in [0.4, 0.5) is 9.59 Å². The van der Waals surface area contributed by atoms with E-state index in [2.05, 4.69) is 27.7 Å². The molecule has 2 N–H and O–H groups in total. The van der Waals surface area contributed by atoms with Crippen LogP contribution in [0.25, 0.3) is 0 Å². The highest BCUT2D eigenvalue weighted by Crippen LogP contribution is 2.21. The number of nitrogens with one attached hydrogen (secondary N) is 2. The van der Waals surface area contributed by atoms with Crippen LogP contribution in [0.3, 0.4) is 0 Å². The Bertz CT molecular complexity index is 868. The lowest BCUT2D eigenvalue weighted by atomic mass is 10.1. The predicted octanol–water partition coefficient (Wildman–Crippen LogP) is 4.08. The van der Waals surface area contributed by atoms with E-state index in [1.807, 2.05) is 69.3 Å². The van der Waals surface area contributed by atoms with Gasteiger partial charge < -0.3 is 20.1 Å². The van der Waals surface area contributed by atoms with Crippen molar-refractivity contribution in [1.29, 1.82) is 0 Å². The summed E-state index contributed by atoms with van der Waals surface area (Å²) in [5.41, 5.74) is 1.58. The third-order valence-electron chi connectivity index (χ3n) is 5.17. The highest BCUT2D eigenvalue weighted by Gasteiger charge is 2.33. The fraction of sp³-hybridized carbons (Fsp3) is 0.440. The molecule has 1 aliphatic rings. The average Bonchev–Trinajstić information content (AvgIpc) is 3.12. The Morgan fingerprint density at radius 3 is 2.22 bits per heavy atom. The fourth-order valence-electron chi connectivity index (χ4n) is 3.76.